The Balaban J connectivity index is 2.65. The second-order valence-electron chi connectivity index (χ2n) is 12.7. The molecule has 10 nitrogen and oxygen atoms in total. The van der Waals surface area contributed by atoms with Crippen molar-refractivity contribution in [3.8, 4) is 11.3 Å². The molecule has 3 N–H and O–H groups in total. The number of anilines is 2. The summed E-state index contributed by atoms with van der Waals surface area (Å²) in [6.07, 6.45) is -1.71. The highest BCUT2D eigenvalue weighted by atomic mass is 28.3. The van der Waals surface area contributed by atoms with Crippen molar-refractivity contribution in [2.24, 2.45) is 0 Å². The number of benzene rings is 1. The van der Waals surface area contributed by atoms with E-state index in [1.54, 1.807) is 43.7 Å². The third kappa shape index (κ3) is 12.6. The van der Waals surface area contributed by atoms with E-state index in [2.05, 4.69) is 53.5 Å². The lowest BCUT2D eigenvalue weighted by atomic mass is 10.1. The van der Waals surface area contributed by atoms with Crippen LogP contribution in [0.4, 0.5) is 34.1 Å². The zero-order valence-electron chi connectivity index (χ0n) is 27.1. The molecule has 14 heteroatoms. The van der Waals surface area contributed by atoms with E-state index in [9.17, 15) is 22.8 Å². The van der Waals surface area contributed by atoms with Gasteiger partial charge in [-0.25, -0.2) is 14.6 Å². The first-order valence-electron chi connectivity index (χ1n) is 14.6. The fourth-order valence-electron chi connectivity index (χ4n) is 4.09. The van der Waals surface area contributed by atoms with Crippen LogP contribution in [0.15, 0.2) is 49.7 Å². The summed E-state index contributed by atoms with van der Waals surface area (Å²) in [6, 6.07) is 2.71. The van der Waals surface area contributed by atoms with E-state index in [0.717, 1.165) is 6.04 Å². The predicted molar refractivity (Wildman–Crippen MR) is 173 cm³/mol. The maximum Gasteiger partial charge on any atom is 0.411 e. The first-order chi connectivity index (χ1) is 20.9. The highest BCUT2D eigenvalue weighted by molar-refractivity contribution is 6.76. The lowest BCUT2D eigenvalue weighted by molar-refractivity contribution is -0.141. The highest BCUT2D eigenvalue weighted by Crippen LogP contribution is 2.35. The smallest absolute Gasteiger partial charge is 0.411 e. The molecule has 0 aliphatic heterocycles. The number of carbonyl (C=O) groups is 2. The van der Waals surface area contributed by atoms with Crippen LogP contribution < -0.4 is 16.0 Å². The standard InChI is InChI=1S/C31H46F3N5O5Si/c1-10-12-23(38-29(41)44-30(3,4)5)27-37-25(19-39(27)20-43-16-17-45(7,8)9)22-15-14-21(35-28(40)42-6)18-24(22)36-26(13-11-2)31(32,33)34/h10-11,14-15,18-19,23,26,36H,1-2,12-13,16-17,20H2,3-9H3,(H,35,40)(H,38,41)/t23-,26?/m0/s1. The molecule has 250 valence electrons. The monoisotopic (exact) mass is 653 g/mol. The summed E-state index contributed by atoms with van der Waals surface area (Å²) >= 11 is 0. The molecule has 0 spiro atoms. The quantitative estimate of drug-likeness (QED) is 0.101. The number of aromatic nitrogens is 2. The average molecular weight is 654 g/mol. The molecule has 2 aromatic rings. The zero-order valence-corrected chi connectivity index (χ0v) is 28.1. The second-order valence-corrected chi connectivity index (χ2v) is 18.3. The average Bonchev–Trinajstić information content (AvgIpc) is 3.32. The van der Waals surface area contributed by atoms with Crippen LogP contribution in [0.1, 0.15) is 45.5 Å². The maximum atomic E-state index is 14.0. The van der Waals surface area contributed by atoms with Gasteiger partial charge in [0, 0.05) is 37.8 Å². The predicted octanol–water partition coefficient (Wildman–Crippen LogP) is 8.10. The van der Waals surface area contributed by atoms with Crippen molar-refractivity contribution in [1.29, 1.82) is 0 Å². The Morgan fingerprint density at radius 1 is 1.09 bits per heavy atom. The van der Waals surface area contributed by atoms with Crippen molar-refractivity contribution in [3.63, 3.8) is 0 Å². The number of hydrogen-bond donors (Lipinski definition) is 3. The number of carbonyl (C=O) groups excluding carboxylic acids is 2. The lowest BCUT2D eigenvalue weighted by Crippen LogP contribution is -2.36. The highest BCUT2D eigenvalue weighted by Gasteiger charge is 2.39. The molecule has 0 aliphatic carbocycles. The van der Waals surface area contributed by atoms with E-state index in [1.807, 2.05) is 0 Å². The number of alkyl carbamates (subject to hydrolysis) is 1. The Hall–Kier alpha value is -3.78. The molecular weight excluding hydrogens is 607 g/mol. The van der Waals surface area contributed by atoms with Gasteiger partial charge in [-0.05, 0) is 57.9 Å². The molecule has 0 aliphatic rings. The van der Waals surface area contributed by atoms with Gasteiger partial charge in [0.25, 0.3) is 0 Å². The van der Waals surface area contributed by atoms with Gasteiger partial charge in [-0.2, -0.15) is 13.2 Å². The van der Waals surface area contributed by atoms with Crippen LogP contribution in [0.25, 0.3) is 11.3 Å². The minimum absolute atomic E-state index is 0.0595. The van der Waals surface area contributed by atoms with Crippen LogP contribution in [0.3, 0.4) is 0 Å². The summed E-state index contributed by atoms with van der Waals surface area (Å²) in [5, 5.41) is 7.86. The van der Waals surface area contributed by atoms with Crippen molar-refractivity contribution >= 4 is 31.6 Å². The molecule has 2 amide bonds. The van der Waals surface area contributed by atoms with Crippen LogP contribution in [0.5, 0.6) is 0 Å². The summed E-state index contributed by atoms with van der Waals surface area (Å²) in [7, 11) is -0.206. The van der Waals surface area contributed by atoms with Crippen LogP contribution in [0, 0.1) is 0 Å². The Labute approximate surface area is 264 Å². The zero-order chi connectivity index (χ0) is 34.0. The maximum absolute atomic E-state index is 14.0. The summed E-state index contributed by atoms with van der Waals surface area (Å²) in [5.74, 6) is 0.393. The van der Waals surface area contributed by atoms with Gasteiger partial charge >= 0.3 is 18.4 Å². The Morgan fingerprint density at radius 2 is 1.76 bits per heavy atom. The minimum Gasteiger partial charge on any atom is -0.453 e. The van der Waals surface area contributed by atoms with Crippen LogP contribution in [-0.4, -0.2) is 61.3 Å². The SMILES string of the molecule is C=CCC(Nc1cc(NC(=O)OC)ccc1-c1cn(COCC[Si](C)(C)C)c([C@H](CC=C)NC(=O)OC(C)(C)C)n1)C(F)(F)F. The first kappa shape index (κ1) is 37.4. The number of rotatable bonds is 15. The van der Waals surface area contributed by atoms with Gasteiger partial charge in [-0.1, -0.05) is 31.8 Å². The van der Waals surface area contributed by atoms with Gasteiger partial charge in [-0.15, -0.1) is 13.2 Å². The van der Waals surface area contributed by atoms with Crippen molar-refractivity contribution < 1.29 is 37.0 Å². The van der Waals surface area contributed by atoms with E-state index < -0.39 is 50.5 Å². The number of halogens is 3. The summed E-state index contributed by atoms with van der Waals surface area (Å²) < 4.78 is 59.7. The molecule has 0 bridgehead atoms. The topological polar surface area (TPSA) is 116 Å². The third-order valence-electron chi connectivity index (χ3n) is 6.29. The molecule has 1 aromatic heterocycles. The Morgan fingerprint density at radius 3 is 2.31 bits per heavy atom. The second kappa shape index (κ2) is 16.0. The van der Waals surface area contributed by atoms with Gasteiger partial charge in [0.15, 0.2) is 0 Å². The molecular formula is C31H46F3N5O5Si. The number of methoxy groups -OCH3 is 1. The molecule has 45 heavy (non-hydrogen) atoms. The van der Waals surface area contributed by atoms with Crippen molar-refractivity contribution in [2.75, 3.05) is 24.4 Å². The molecule has 2 atom stereocenters. The Bertz CT molecular complexity index is 1320. The minimum atomic E-state index is -4.60. The molecule has 1 heterocycles. The lowest BCUT2D eigenvalue weighted by Gasteiger charge is -2.23. The fourth-order valence-corrected chi connectivity index (χ4v) is 4.85. The molecule has 0 saturated heterocycles. The molecule has 1 aromatic carbocycles. The van der Waals surface area contributed by atoms with Gasteiger partial charge in [0.1, 0.15) is 24.2 Å². The van der Waals surface area contributed by atoms with E-state index >= 15 is 0 Å². The normalized spacial score (nSPS) is 13.4. The number of hydrogen-bond acceptors (Lipinski definition) is 7. The molecule has 0 radical (unpaired) electrons. The van der Waals surface area contributed by atoms with E-state index in [-0.39, 0.29) is 24.5 Å². The fraction of sp³-hybridized carbons (Fsp3) is 0.516. The third-order valence-corrected chi connectivity index (χ3v) is 8.00. The number of imidazole rings is 1. The summed E-state index contributed by atoms with van der Waals surface area (Å²) in [4.78, 5) is 29.4. The van der Waals surface area contributed by atoms with Gasteiger partial charge in [-0.3, -0.25) is 5.32 Å². The van der Waals surface area contributed by atoms with Crippen molar-refractivity contribution in [1.82, 2.24) is 14.9 Å². The van der Waals surface area contributed by atoms with Gasteiger partial charge in [0.2, 0.25) is 0 Å². The van der Waals surface area contributed by atoms with Crippen LogP contribution in [0.2, 0.25) is 25.7 Å². The first-order valence-corrected chi connectivity index (χ1v) is 18.3. The van der Waals surface area contributed by atoms with Gasteiger partial charge in [0.05, 0.1) is 18.8 Å². The van der Waals surface area contributed by atoms with E-state index in [4.69, 9.17) is 14.5 Å². The molecule has 1 unspecified atom stereocenters. The van der Waals surface area contributed by atoms with E-state index in [1.165, 1.54) is 25.3 Å². The molecule has 0 fully saturated rings. The Kier molecular flexibility index (Phi) is 13.3. The van der Waals surface area contributed by atoms with Crippen LogP contribution >= 0.6 is 0 Å². The summed E-state index contributed by atoms with van der Waals surface area (Å²) in [6.45, 7) is 19.8. The number of amides is 2. The number of alkyl halides is 3. The molecule has 2 rings (SSSR count). The number of nitrogens with zero attached hydrogens (tertiary/aromatic N) is 2. The van der Waals surface area contributed by atoms with Crippen molar-refractivity contribution in [2.45, 2.75) is 89.9 Å². The molecule has 0 saturated carbocycles. The largest absolute Gasteiger partial charge is 0.453 e. The van der Waals surface area contributed by atoms with Crippen molar-refractivity contribution in [3.05, 3.63) is 55.5 Å². The van der Waals surface area contributed by atoms with E-state index in [0.29, 0.717) is 23.7 Å². The number of nitrogens with one attached hydrogen (secondary N) is 3. The van der Waals surface area contributed by atoms with Gasteiger partial charge < -0.3 is 29.4 Å². The summed E-state index contributed by atoms with van der Waals surface area (Å²) in [5.41, 5.74) is 0.151. The number of ether oxygens (including phenoxy) is 3. The van der Waals surface area contributed by atoms with Crippen LogP contribution in [-0.2, 0) is 20.9 Å².